The third-order valence-corrected chi connectivity index (χ3v) is 5.77. The van der Waals surface area contributed by atoms with Crippen LogP contribution in [0.4, 0.5) is 15.0 Å². The Labute approximate surface area is 181 Å². The number of aromatic nitrogens is 2. The molecule has 3 aromatic rings. The highest BCUT2D eigenvalue weighted by Gasteiger charge is 2.31. The second-order valence-corrected chi connectivity index (χ2v) is 7.74. The number of likely N-dealkylation sites (tertiary alicyclic amines) is 1. The molecular weight excluding hydrogens is 395 g/mol. The SMILES string of the molecule is COC(=O)N(c1ccn(-c2ccc(F)cc2)n1)C1CCN(CCc2ccccc2)CC1. The smallest absolute Gasteiger partial charge is 0.415 e. The van der Waals surface area contributed by atoms with Crippen molar-refractivity contribution in [2.75, 3.05) is 31.6 Å². The number of ether oxygens (including phenoxy) is 1. The Balaban J connectivity index is 1.41. The Kier molecular flexibility index (Phi) is 6.62. The van der Waals surface area contributed by atoms with E-state index in [1.54, 1.807) is 34.0 Å². The molecule has 4 rings (SSSR count). The summed E-state index contributed by atoms with van der Waals surface area (Å²) in [6.07, 6.45) is 4.09. The average Bonchev–Trinajstić information content (AvgIpc) is 3.29. The first kappa shape index (κ1) is 21.1. The van der Waals surface area contributed by atoms with E-state index < -0.39 is 6.09 Å². The molecule has 2 heterocycles. The number of rotatable bonds is 6. The molecule has 7 heteroatoms. The Morgan fingerprint density at radius 3 is 2.48 bits per heavy atom. The van der Waals surface area contributed by atoms with Gasteiger partial charge in [-0.1, -0.05) is 30.3 Å². The van der Waals surface area contributed by atoms with Crippen LogP contribution in [-0.2, 0) is 11.2 Å². The molecule has 1 saturated heterocycles. The summed E-state index contributed by atoms with van der Waals surface area (Å²) in [6, 6.07) is 18.4. The van der Waals surface area contributed by atoms with Gasteiger partial charge >= 0.3 is 6.09 Å². The number of methoxy groups -OCH3 is 1. The van der Waals surface area contributed by atoms with E-state index >= 15 is 0 Å². The van der Waals surface area contributed by atoms with Crippen molar-refractivity contribution >= 4 is 11.9 Å². The van der Waals surface area contributed by atoms with Gasteiger partial charge in [0.15, 0.2) is 5.82 Å². The molecule has 0 atom stereocenters. The van der Waals surface area contributed by atoms with Crippen molar-refractivity contribution in [1.82, 2.24) is 14.7 Å². The van der Waals surface area contributed by atoms with Crippen molar-refractivity contribution in [3.8, 4) is 5.69 Å². The molecule has 0 bridgehead atoms. The lowest BCUT2D eigenvalue weighted by molar-refractivity contribution is 0.164. The minimum absolute atomic E-state index is 0.0250. The zero-order chi connectivity index (χ0) is 21.6. The summed E-state index contributed by atoms with van der Waals surface area (Å²) in [5.41, 5.74) is 2.07. The molecule has 0 unspecified atom stereocenters. The molecule has 1 aliphatic heterocycles. The minimum atomic E-state index is -0.410. The first-order valence-corrected chi connectivity index (χ1v) is 10.6. The number of carbonyl (C=O) groups excluding carboxylic acids is 1. The molecule has 0 saturated carbocycles. The van der Waals surface area contributed by atoms with Crippen LogP contribution < -0.4 is 4.90 Å². The van der Waals surface area contributed by atoms with E-state index in [1.165, 1.54) is 24.8 Å². The van der Waals surface area contributed by atoms with Gasteiger partial charge in [-0.25, -0.2) is 13.9 Å². The van der Waals surface area contributed by atoms with E-state index in [9.17, 15) is 9.18 Å². The quantitative estimate of drug-likeness (QED) is 0.595. The van der Waals surface area contributed by atoms with Crippen LogP contribution >= 0.6 is 0 Å². The number of hydrogen-bond donors (Lipinski definition) is 0. The topological polar surface area (TPSA) is 50.6 Å². The molecule has 6 nitrogen and oxygen atoms in total. The average molecular weight is 423 g/mol. The molecule has 2 aromatic carbocycles. The van der Waals surface area contributed by atoms with Crippen LogP contribution in [0.3, 0.4) is 0 Å². The summed E-state index contributed by atoms with van der Waals surface area (Å²) in [7, 11) is 1.39. The van der Waals surface area contributed by atoms with Crippen LogP contribution in [0.1, 0.15) is 18.4 Å². The molecule has 1 amide bonds. The number of amides is 1. The van der Waals surface area contributed by atoms with E-state index in [2.05, 4.69) is 34.3 Å². The summed E-state index contributed by atoms with van der Waals surface area (Å²) in [5, 5.41) is 4.56. The maximum absolute atomic E-state index is 13.2. The minimum Gasteiger partial charge on any atom is -0.452 e. The molecule has 0 spiro atoms. The number of hydrogen-bond acceptors (Lipinski definition) is 4. The van der Waals surface area contributed by atoms with E-state index in [-0.39, 0.29) is 11.9 Å². The lowest BCUT2D eigenvalue weighted by Gasteiger charge is -2.36. The number of anilines is 1. The number of benzene rings is 2. The maximum Gasteiger partial charge on any atom is 0.415 e. The highest BCUT2D eigenvalue weighted by molar-refractivity contribution is 5.87. The van der Waals surface area contributed by atoms with Crippen molar-refractivity contribution in [2.45, 2.75) is 25.3 Å². The molecule has 1 aliphatic rings. The van der Waals surface area contributed by atoms with Gasteiger partial charge in [0.1, 0.15) is 5.82 Å². The van der Waals surface area contributed by atoms with Crippen LogP contribution in [0, 0.1) is 5.82 Å². The van der Waals surface area contributed by atoms with Crippen LogP contribution in [-0.4, -0.2) is 53.6 Å². The number of nitrogens with zero attached hydrogens (tertiary/aromatic N) is 4. The van der Waals surface area contributed by atoms with Gasteiger partial charge in [0.05, 0.1) is 12.8 Å². The molecule has 1 aromatic heterocycles. The van der Waals surface area contributed by atoms with Crippen LogP contribution in [0.2, 0.25) is 0 Å². The first-order valence-electron chi connectivity index (χ1n) is 10.6. The third kappa shape index (κ3) is 5.11. The zero-order valence-electron chi connectivity index (χ0n) is 17.7. The van der Waals surface area contributed by atoms with Crippen molar-refractivity contribution in [3.63, 3.8) is 0 Å². The first-order chi connectivity index (χ1) is 15.1. The maximum atomic E-state index is 13.2. The zero-order valence-corrected chi connectivity index (χ0v) is 17.7. The fourth-order valence-electron chi connectivity index (χ4n) is 4.04. The summed E-state index contributed by atoms with van der Waals surface area (Å²) in [6.45, 7) is 2.85. The van der Waals surface area contributed by atoms with E-state index in [1.807, 2.05) is 6.07 Å². The molecular formula is C24H27FN4O2. The van der Waals surface area contributed by atoms with Crippen molar-refractivity contribution < 1.29 is 13.9 Å². The number of carbonyl (C=O) groups is 1. The predicted molar refractivity (Wildman–Crippen MR) is 118 cm³/mol. The summed E-state index contributed by atoms with van der Waals surface area (Å²) >= 11 is 0. The monoisotopic (exact) mass is 422 g/mol. The number of halogens is 1. The molecule has 0 N–H and O–H groups in total. The van der Waals surface area contributed by atoms with Gasteiger partial charge < -0.3 is 9.64 Å². The second kappa shape index (κ2) is 9.75. The fourth-order valence-corrected chi connectivity index (χ4v) is 4.04. The van der Waals surface area contributed by atoms with Crippen LogP contribution in [0.25, 0.3) is 5.69 Å². The van der Waals surface area contributed by atoms with Gasteiger partial charge in [-0.3, -0.25) is 4.90 Å². The van der Waals surface area contributed by atoms with Crippen molar-refractivity contribution in [1.29, 1.82) is 0 Å². The molecule has 162 valence electrons. The lowest BCUT2D eigenvalue weighted by Crippen LogP contribution is -2.48. The Morgan fingerprint density at radius 1 is 1.10 bits per heavy atom. The van der Waals surface area contributed by atoms with E-state index in [0.717, 1.165) is 44.6 Å². The molecule has 1 fully saturated rings. The summed E-state index contributed by atoms with van der Waals surface area (Å²) < 4.78 is 19.9. The van der Waals surface area contributed by atoms with Gasteiger partial charge in [0.2, 0.25) is 0 Å². The van der Waals surface area contributed by atoms with Gasteiger partial charge in [-0.05, 0) is 49.1 Å². The summed E-state index contributed by atoms with van der Waals surface area (Å²) in [5.74, 6) is 0.241. The Bertz CT molecular complexity index is 982. The van der Waals surface area contributed by atoms with Gasteiger partial charge in [0.25, 0.3) is 0 Å². The Morgan fingerprint density at radius 2 is 1.81 bits per heavy atom. The largest absolute Gasteiger partial charge is 0.452 e. The summed E-state index contributed by atoms with van der Waals surface area (Å²) in [4.78, 5) is 16.7. The second-order valence-electron chi connectivity index (χ2n) is 7.74. The van der Waals surface area contributed by atoms with E-state index in [4.69, 9.17) is 4.74 Å². The predicted octanol–water partition coefficient (Wildman–Crippen LogP) is 4.29. The van der Waals surface area contributed by atoms with Gasteiger partial charge in [0, 0.05) is 37.9 Å². The van der Waals surface area contributed by atoms with E-state index in [0.29, 0.717) is 5.82 Å². The van der Waals surface area contributed by atoms with Crippen LogP contribution in [0.15, 0.2) is 66.9 Å². The third-order valence-electron chi connectivity index (χ3n) is 5.77. The van der Waals surface area contributed by atoms with Crippen molar-refractivity contribution in [2.24, 2.45) is 0 Å². The van der Waals surface area contributed by atoms with Gasteiger partial charge in [-0.15, -0.1) is 5.10 Å². The Hall–Kier alpha value is -3.19. The highest BCUT2D eigenvalue weighted by Crippen LogP contribution is 2.24. The molecule has 31 heavy (non-hydrogen) atoms. The normalized spacial score (nSPS) is 15.0. The molecule has 0 radical (unpaired) electrons. The fraction of sp³-hybridized carbons (Fsp3) is 0.333. The standard InChI is InChI=1S/C24H27FN4O2/c1-31-24(30)29(23-14-18-28(26-23)21-9-7-20(25)8-10-21)22-12-16-27(17-13-22)15-11-19-5-3-2-4-6-19/h2-10,14,18,22H,11-13,15-17H2,1H3. The number of piperidine rings is 1. The van der Waals surface area contributed by atoms with Gasteiger partial charge in [-0.2, -0.15) is 0 Å². The molecule has 0 aliphatic carbocycles. The van der Waals surface area contributed by atoms with Crippen LogP contribution in [0.5, 0.6) is 0 Å². The lowest BCUT2D eigenvalue weighted by atomic mass is 10.0. The van der Waals surface area contributed by atoms with Crippen molar-refractivity contribution in [3.05, 3.63) is 78.2 Å². The highest BCUT2D eigenvalue weighted by atomic mass is 19.1.